The van der Waals surface area contributed by atoms with E-state index >= 15 is 0 Å². The molecule has 0 aliphatic carbocycles. The Morgan fingerprint density at radius 2 is 0.757 bits per heavy atom. The molecule has 5 aromatic carbocycles. The van der Waals surface area contributed by atoms with Gasteiger partial charge in [-0.1, -0.05) is 121 Å². The van der Waals surface area contributed by atoms with Crippen LogP contribution < -0.4 is 0 Å². The molecule has 0 fully saturated rings. The third-order valence-corrected chi connectivity index (χ3v) is 7.80. The van der Waals surface area contributed by atoms with Gasteiger partial charge in [-0.2, -0.15) is 0 Å². The maximum absolute atomic E-state index is 13.8. The van der Waals surface area contributed by atoms with E-state index < -0.39 is 0 Å². The molecule has 0 saturated carbocycles. The Morgan fingerprint density at radius 1 is 0.432 bits per heavy atom. The van der Waals surface area contributed by atoms with Gasteiger partial charge in [0.2, 0.25) is 0 Å². The standard InChI is InChI=1S/C34H22O2S/c35-31(23-13-5-1-6-14-23)27-21-29-30(22-28(27)32(36)24-15-7-2-8-16-24)34(26-19-11-4-12-20-26)37-33(29)25-17-9-3-10-18-25/h1-22H. The molecule has 1 aromatic heterocycles. The summed E-state index contributed by atoms with van der Waals surface area (Å²) in [5, 5.41) is 1.94. The highest BCUT2D eigenvalue weighted by molar-refractivity contribution is 7.21. The van der Waals surface area contributed by atoms with Gasteiger partial charge in [0.25, 0.3) is 0 Å². The van der Waals surface area contributed by atoms with E-state index in [0.717, 1.165) is 31.7 Å². The molecule has 6 rings (SSSR count). The number of thiophene rings is 1. The van der Waals surface area contributed by atoms with E-state index in [4.69, 9.17) is 0 Å². The van der Waals surface area contributed by atoms with Crippen LogP contribution in [0.25, 0.3) is 31.7 Å². The maximum atomic E-state index is 13.8. The van der Waals surface area contributed by atoms with Crippen molar-refractivity contribution in [2.75, 3.05) is 0 Å². The van der Waals surface area contributed by atoms with Gasteiger partial charge < -0.3 is 0 Å². The van der Waals surface area contributed by atoms with Crippen molar-refractivity contribution in [3.05, 3.63) is 156 Å². The van der Waals surface area contributed by atoms with Gasteiger partial charge in [-0.25, -0.2) is 0 Å². The van der Waals surface area contributed by atoms with Crippen LogP contribution in [0.2, 0.25) is 0 Å². The van der Waals surface area contributed by atoms with Crippen molar-refractivity contribution in [3.8, 4) is 20.9 Å². The summed E-state index contributed by atoms with van der Waals surface area (Å²) in [5.74, 6) is -0.318. The average molecular weight is 495 g/mol. The van der Waals surface area contributed by atoms with Gasteiger partial charge >= 0.3 is 0 Å². The van der Waals surface area contributed by atoms with Crippen LogP contribution in [0.3, 0.4) is 0 Å². The third kappa shape index (κ3) is 4.31. The molecule has 0 unspecified atom stereocenters. The first-order chi connectivity index (χ1) is 18.2. The summed E-state index contributed by atoms with van der Waals surface area (Å²) in [6.45, 7) is 0. The molecular formula is C34H22O2S. The first-order valence-corrected chi connectivity index (χ1v) is 12.9. The number of hydrogen-bond donors (Lipinski definition) is 0. The van der Waals surface area contributed by atoms with Crippen LogP contribution in [0.5, 0.6) is 0 Å². The number of hydrogen-bond acceptors (Lipinski definition) is 3. The SMILES string of the molecule is O=C(c1ccccc1)c1cc2c(-c3ccccc3)sc(-c3ccccc3)c2cc1C(=O)c1ccccc1. The molecule has 0 aliphatic rings. The van der Waals surface area contributed by atoms with E-state index in [1.807, 2.05) is 84.9 Å². The first kappa shape index (κ1) is 22.8. The number of fused-ring (bicyclic) bond motifs is 1. The van der Waals surface area contributed by atoms with Crippen molar-refractivity contribution in [1.82, 2.24) is 0 Å². The second-order valence-electron chi connectivity index (χ2n) is 8.83. The smallest absolute Gasteiger partial charge is 0.193 e. The maximum Gasteiger partial charge on any atom is 0.193 e. The predicted octanol–water partition coefficient (Wildman–Crippen LogP) is 8.70. The Hall–Kier alpha value is -4.60. The fourth-order valence-corrected chi connectivity index (χ4v) is 5.93. The lowest BCUT2D eigenvalue weighted by atomic mass is 9.90. The van der Waals surface area contributed by atoms with Crippen molar-refractivity contribution in [3.63, 3.8) is 0 Å². The van der Waals surface area contributed by atoms with Crippen LogP contribution in [-0.2, 0) is 0 Å². The summed E-state index contributed by atoms with van der Waals surface area (Å²) in [6.07, 6.45) is 0. The minimum Gasteiger partial charge on any atom is -0.289 e. The fourth-order valence-electron chi connectivity index (χ4n) is 4.66. The number of carbonyl (C=O) groups excluding carboxylic acids is 2. The molecule has 0 radical (unpaired) electrons. The van der Waals surface area contributed by atoms with Crippen LogP contribution in [0, 0.1) is 0 Å². The summed E-state index contributed by atoms with van der Waals surface area (Å²) >= 11 is 1.69. The fraction of sp³-hybridized carbons (Fsp3) is 0. The monoisotopic (exact) mass is 494 g/mol. The van der Waals surface area contributed by atoms with Gasteiger partial charge in [-0.05, 0) is 23.3 Å². The molecule has 0 atom stereocenters. The molecule has 37 heavy (non-hydrogen) atoms. The van der Waals surface area contributed by atoms with E-state index in [1.165, 1.54) is 0 Å². The summed E-state index contributed by atoms with van der Waals surface area (Å²) in [4.78, 5) is 29.8. The topological polar surface area (TPSA) is 34.1 Å². The minimum atomic E-state index is -0.159. The molecule has 0 spiro atoms. The Bertz CT molecular complexity index is 1590. The molecule has 0 N–H and O–H groups in total. The van der Waals surface area contributed by atoms with E-state index in [0.29, 0.717) is 22.3 Å². The van der Waals surface area contributed by atoms with Crippen LogP contribution in [-0.4, -0.2) is 11.6 Å². The zero-order chi connectivity index (χ0) is 25.2. The number of rotatable bonds is 6. The number of ketones is 2. The number of carbonyl (C=O) groups is 2. The summed E-state index contributed by atoms with van der Waals surface area (Å²) in [7, 11) is 0. The first-order valence-electron chi connectivity index (χ1n) is 12.1. The van der Waals surface area contributed by atoms with Crippen LogP contribution in [0.15, 0.2) is 133 Å². The largest absolute Gasteiger partial charge is 0.289 e. The summed E-state index contributed by atoms with van der Waals surface area (Å²) < 4.78 is 0. The van der Waals surface area contributed by atoms with Gasteiger partial charge in [-0.3, -0.25) is 9.59 Å². The molecular weight excluding hydrogens is 472 g/mol. The van der Waals surface area contributed by atoms with E-state index in [1.54, 1.807) is 35.6 Å². The summed E-state index contributed by atoms with van der Waals surface area (Å²) in [5.41, 5.74) is 4.12. The lowest BCUT2D eigenvalue weighted by Crippen LogP contribution is -2.11. The molecule has 1 heterocycles. The molecule has 0 aliphatic heterocycles. The highest BCUT2D eigenvalue weighted by atomic mass is 32.1. The molecule has 6 aromatic rings. The van der Waals surface area contributed by atoms with Crippen molar-refractivity contribution in [1.29, 1.82) is 0 Å². The molecule has 2 nitrogen and oxygen atoms in total. The average Bonchev–Trinajstić information content (AvgIpc) is 3.36. The van der Waals surface area contributed by atoms with E-state index in [-0.39, 0.29) is 11.6 Å². The molecule has 3 heteroatoms. The molecule has 0 saturated heterocycles. The van der Waals surface area contributed by atoms with E-state index in [9.17, 15) is 9.59 Å². The zero-order valence-corrected chi connectivity index (χ0v) is 20.7. The van der Waals surface area contributed by atoms with Crippen LogP contribution >= 0.6 is 11.3 Å². The minimum absolute atomic E-state index is 0.159. The highest BCUT2D eigenvalue weighted by Crippen LogP contribution is 2.45. The molecule has 0 amide bonds. The summed E-state index contributed by atoms with van der Waals surface area (Å²) in [6, 6.07) is 42.6. The quantitative estimate of drug-likeness (QED) is 0.217. The second kappa shape index (κ2) is 9.81. The zero-order valence-electron chi connectivity index (χ0n) is 19.9. The second-order valence-corrected chi connectivity index (χ2v) is 9.85. The predicted molar refractivity (Wildman–Crippen MR) is 152 cm³/mol. The van der Waals surface area contributed by atoms with Gasteiger partial charge in [0, 0.05) is 42.8 Å². The van der Waals surface area contributed by atoms with Gasteiger partial charge in [0.1, 0.15) is 0 Å². The van der Waals surface area contributed by atoms with Crippen molar-refractivity contribution in [2.45, 2.75) is 0 Å². The normalized spacial score (nSPS) is 10.9. The highest BCUT2D eigenvalue weighted by Gasteiger charge is 2.24. The van der Waals surface area contributed by atoms with Gasteiger partial charge in [-0.15, -0.1) is 11.3 Å². The van der Waals surface area contributed by atoms with Gasteiger partial charge in [0.15, 0.2) is 11.6 Å². The molecule has 0 bridgehead atoms. The van der Waals surface area contributed by atoms with Crippen LogP contribution in [0.1, 0.15) is 31.8 Å². The Balaban J connectivity index is 1.67. The van der Waals surface area contributed by atoms with Crippen molar-refractivity contribution in [2.24, 2.45) is 0 Å². The number of benzene rings is 5. The lowest BCUT2D eigenvalue weighted by molar-refractivity contribution is 0.100. The van der Waals surface area contributed by atoms with E-state index in [2.05, 4.69) is 24.3 Å². The van der Waals surface area contributed by atoms with Crippen LogP contribution in [0.4, 0.5) is 0 Å². The van der Waals surface area contributed by atoms with Crippen molar-refractivity contribution < 1.29 is 9.59 Å². The lowest BCUT2D eigenvalue weighted by Gasteiger charge is -2.11. The Morgan fingerprint density at radius 3 is 1.11 bits per heavy atom. The van der Waals surface area contributed by atoms with Crippen molar-refractivity contribution >= 4 is 33.7 Å². The Kier molecular flexibility index (Phi) is 6.05. The third-order valence-electron chi connectivity index (χ3n) is 6.48. The Labute approximate surface area is 219 Å². The molecule has 176 valence electrons. The van der Waals surface area contributed by atoms with Gasteiger partial charge in [0.05, 0.1) is 0 Å².